The molecule has 1 heterocycles. The third kappa shape index (κ3) is 2.62. The molecule has 0 spiro atoms. The Balaban J connectivity index is 2.29. The molecule has 4 nitrogen and oxygen atoms in total. The largest absolute Gasteiger partial charge is 0.313 e. The number of hydrogen-bond acceptors (Lipinski definition) is 3. The first-order chi connectivity index (χ1) is 8.63. The van der Waals surface area contributed by atoms with Crippen LogP contribution in [0.1, 0.15) is 23.0 Å². The second kappa shape index (κ2) is 5.63. The van der Waals surface area contributed by atoms with Gasteiger partial charge in [0.15, 0.2) is 0 Å². The Bertz CT molecular complexity index is 536. The van der Waals surface area contributed by atoms with Gasteiger partial charge in [-0.2, -0.15) is 5.10 Å². The predicted molar refractivity (Wildman–Crippen MR) is 75.4 cm³/mol. The summed E-state index contributed by atoms with van der Waals surface area (Å²) in [5, 5.41) is 7.44. The van der Waals surface area contributed by atoms with Gasteiger partial charge in [-0.25, -0.2) is 4.98 Å². The van der Waals surface area contributed by atoms with E-state index in [2.05, 4.69) is 56.5 Å². The molecule has 0 saturated carbocycles. The van der Waals surface area contributed by atoms with Crippen molar-refractivity contribution in [3.8, 4) is 0 Å². The highest BCUT2D eigenvalue weighted by Gasteiger charge is 2.16. The Morgan fingerprint density at radius 3 is 2.83 bits per heavy atom. The van der Waals surface area contributed by atoms with E-state index in [1.165, 1.54) is 11.1 Å². The maximum atomic E-state index is 4.28. The second-order valence-corrected chi connectivity index (χ2v) is 5.12. The molecule has 0 aliphatic carbocycles. The maximum absolute atomic E-state index is 4.28. The SMILES string of the molecule is CNC(Cc1ncnn1C)c1cccc(C)c1Br. The van der Waals surface area contributed by atoms with E-state index in [1.54, 1.807) is 6.33 Å². The minimum Gasteiger partial charge on any atom is -0.313 e. The van der Waals surface area contributed by atoms with E-state index in [0.29, 0.717) is 0 Å². The zero-order valence-corrected chi connectivity index (χ0v) is 12.4. The lowest BCUT2D eigenvalue weighted by Crippen LogP contribution is -2.21. The smallest absolute Gasteiger partial charge is 0.138 e. The molecule has 0 amide bonds. The standard InChI is InChI=1S/C13H17BrN4/c1-9-5-4-6-10(13(9)14)11(15-2)7-12-16-8-17-18(12)3/h4-6,8,11,15H,7H2,1-3H3. The quantitative estimate of drug-likeness (QED) is 0.943. The van der Waals surface area contributed by atoms with Gasteiger partial charge in [0.05, 0.1) is 0 Å². The number of halogens is 1. The molecule has 5 heteroatoms. The fourth-order valence-corrected chi connectivity index (χ4v) is 2.53. The average molecular weight is 309 g/mol. The summed E-state index contributed by atoms with van der Waals surface area (Å²) in [6, 6.07) is 6.54. The molecule has 1 atom stereocenters. The topological polar surface area (TPSA) is 42.7 Å². The third-order valence-corrected chi connectivity index (χ3v) is 4.22. The second-order valence-electron chi connectivity index (χ2n) is 4.32. The van der Waals surface area contributed by atoms with Crippen LogP contribution < -0.4 is 5.32 Å². The van der Waals surface area contributed by atoms with Crippen LogP contribution in [-0.2, 0) is 13.5 Å². The van der Waals surface area contributed by atoms with Crippen LogP contribution in [0.5, 0.6) is 0 Å². The van der Waals surface area contributed by atoms with Crippen molar-refractivity contribution in [2.75, 3.05) is 7.05 Å². The van der Waals surface area contributed by atoms with Gasteiger partial charge in [0.1, 0.15) is 12.2 Å². The van der Waals surface area contributed by atoms with Crippen molar-refractivity contribution < 1.29 is 0 Å². The molecular weight excluding hydrogens is 292 g/mol. The summed E-state index contributed by atoms with van der Waals surface area (Å²) in [7, 11) is 3.89. The van der Waals surface area contributed by atoms with Crippen LogP contribution in [-0.4, -0.2) is 21.8 Å². The van der Waals surface area contributed by atoms with Gasteiger partial charge in [0.25, 0.3) is 0 Å². The summed E-state index contributed by atoms with van der Waals surface area (Å²) in [6.45, 7) is 2.10. The maximum Gasteiger partial charge on any atom is 0.138 e. The molecule has 2 rings (SSSR count). The highest BCUT2D eigenvalue weighted by Crippen LogP contribution is 2.28. The van der Waals surface area contributed by atoms with Crippen molar-refractivity contribution >= 4 is 15.9 Å². The molecule has 2 aromatic rings. The first-order valence-corrected chi connectivity index (χ1v) is 6.68. The lowest BCUT2D eigenvalue weighted by Gasteiger charge is -2.18. The van der Waals surface area contributed by atoms with Crippen molar-refractivity contribution in [3.63, 3.8) is 0 Å². The number of nitrogens with zero attached hydrogens (tertiary/aromatic N) is 3. The van der Waals surface area contributed by atoms with E-state index < -0.39 is 0 Å². The minimum atomic E-state index is 0.224. The van der Waals surface area contributed by atoms with Gasteiger partial charge in [0, 0.05) is 24.0 Å². The monoisotopic (exact) mass is 308 g/mol. The van der Waals surface area contributed by atoms with Gasteiger partial charge in [-0.05, 0) is 25.1 Å². The number of hydrogen-bond donors (Lipinski definition) is 1. The van der Waals surface area contributed by atoms with Crippen molar-refractivity contribution in [1.82, 2.24) is 20.1 Å². The average Bonchev–Trinajstić information content (AvgIpc) is 2.76. The molecule has 1 aromatic heterocycles. The van der Waals surface area contributed by atoms with E-state index in [0.717, 1.165) is 16.7 Å². The number of likely N-dealkylation sites (N-methyl/N-ethyl adjacent to an activating group) is 1. The molecule has 0 aliphatic heterocycles. The Hall–Kier alpha value is -1.20. The molecule has 1 N–H and O–H groups in total. The third-order valence-electron chi connectivity index (χ3n) is 3.14. The van der Waals surface area contributed by atoms with Gasteiger partial charge in [0.2, 0.25) is 0 Å². The molecule has 0 radical (unpaired) electrons. The Kier molecular flexibility index (Phi) is 4.14. The minimum absolute atomic E-state index is 0.224. The van der Waals surface area contributed by atoms with Crippen molar-refractivity contribution in [3.05, 3.63) is 46.0 Å². The van der Waals surface area contributed by atoms with E-state index in [1.807, 2.05) is 18.8 Å². The molecule has 0 fully saturated rings. The van der Waals surface area contributed by atoms with Crippen molar-refractivity contribution in [2.24, 2.45) is 7.05 Å². The summed E-state index contributed by atoms with van der Waals surface area (Å²) in [5.74, 6) is 0.975. The Morgan fingerprint density at radius 1 is 1.44 bits per heavy atom. The van der Waals surface area contributed by atoms with Gasteiger partial charge in [-0.3, -0.25) is 4.68 Å². The lowest BCUT2D eigenvalue weighted by atomic mass is 10.0. The zero-order chi connectivity index (χ0) is 13.1. The molecule has 96 valence electrons. The predicted octanol–water partition coefficient (Wildman–Crippen LogP) is 2.39. The molecule has 0 bridgehead atoms. The van der Waals surface area contributed by atoms with E-state index >= 15 is 0 Å². The normalized spacial score (nSPS) is 12.7. The summed E-state index contributed by atoms with van der Waals surface area (Å²) < 4.78 is 2.97. The lowest BCUT2D eigenvalue weighted by molar-refractivity contribution is 0.551. The van der Waals surface area contributed by atoms with Gasteiger partial charge < -0.3 is 5.32 Å². The van der Waals surface area contributed by atoms with Crippen LogP contribution in [0.4, 0.5) is 0 Å². The van der Waals surface area contributed by atoms with Crippen molar-refractivity contribution in [2.45, 2.75) is 19.4 Å². The summed E-state index contributed by atoms with van der Waals surface area (Å²) in [5.41, 5.74) is 2.49. The number of nitrogens with one attached hydrogen (secondary N) is 1. The van der Waals surface area contributed by atoms with Crippen molar-refractivity contribution in [1.29, 1.82) is 0 Å². The molecule has 0 aliphatic rings. The molecule has 18 heavy (non-hydrogen) atoms. The highest BCUT2D eigenvalue weighted by atomic mass is 79.9. The number of rotatable bonds is 4. The highest BCUT2D eigenvalue weighted by molar-refractivity contribution is 9.10. The zero-order valence-electron chi connectivity index (χ0n) is 10.8. The van der Waals surface area contributed by atoms with Gasteiger partial charge in [-0.1, -0.05) is 34.1 Å². The molecule has 1 aromatic carbocycles. The van der Waals surface area contributed by atoms with E-state index in [4.69, 9.17) is 0 Å². The number of benzene rings is 1. The van der Waals surface area contributed by atoms with Crippen LogP contribution in [0.3, 0.4) is 0 Å². The van der Waals surface area contributed by atoms with Gasteiger partial charge >= 0.3 is 0 Å². The number of aryl methyl sites for hydroxylation is 2. The Labute approximate surface area is 116 Å². The summed E-state index contributed by atoms with van der Waals surface area (Å²) in [6.07, 6.45) is 2.41. The van der Waals surface area contributed by atoms with E-state index in [-0.39, 0.29) is 6.04 Å². The fraction of sp³-hybridized carbons (Fsp3) is 0.385. The van der Waals surface area contributed by atoms with Crippen LogP contribution in [0.25, 0.3) is 0 Å². The van der Waals surface area contributed by atoms with Crippen LogP contribution in [0.15, 0.2) is 29.0 Å². The fourth-order valence-electron chi connectivity index (χ4n) is 1.99. The van der Waals surface area contributed by atoms with Crippen LogP contribution >= 0.6 is 15.9 Å². The molecule has 1 unspecified atom stereocenters. The van der Waals surface area contributed by atoms with Crippen LogP contribution in [0.2, 0.25) is 0 Å². The first-order valence-electron chi connectivity index (χ1n) is 5.88. The van der Waals surface area contributed by atoms with Gasteiger partial charge in [-0.15, -0.1) is 0 Å². The molecular formula is C13H17BrN4. The van der Waals surface area contributed by atoms with Crippen LogP contribution in [0, 0.1) is 6.92 Å². The summed E-state index contributed by atoms with van der Waals surface area (Å²) in [4.78, 5) is 4.28. The molecule has 0 saturated heterocycles. The Morgan fingerprint density at radius 2 is 2.22 bits per heavy atom. The first kappa shape index (κ1) is 13.2. The van der Waals surface area contributed by atoms with E-state index in [9.17, 15) is 0 Å². The summed E-state index contributed by atoms with van der Waals surface area (Å²) >= 11 is 3.66. The number of aromatic nitrogens is 3.